The number of H-pyrrole nitrogens is 1. The van der Waals surface area contributed by atoms with E-state index >= 15 is 0 Å². The molecule has 8 heteroatoms. The Hall–Kier alpha value is -2.38. The molecule has 6 nitrogen and oxygen atoms in total. The molecule has 0 aliphatic heterocycles. The zero-order chi connectivity index (χ0) is 16.4. The number of hydrogen-bond acceptors (Lipinski definition) is 5. The van der Waals surface area contributed by atoms with E-state index in [1.807, 2.05) is 0 Å². The van der Waals surface area contributed by atoms with E-state index in [2.05, 4.69) is 15.3 Å². The Morgan fingerprint density at radius 1 is 1.43 bits per heavy atom. The highest BCUT2D eigenvalue weighted by molar-refractivity contribution is 7.17. The summed E-state index contributed by atoms with van der Waals surface area (Å²) in [6, 6.07) is 6.69. The number of nitrogens with zero attached hydrogens (tertiary/aromatic N) is 1. The van der Waals surface area contributed by atoms with E-state index in [0.29, 0.717) is 32.5 Å². The molecule has 2 N–H and O–H groups in total. The molecule has 0 aliphatic rings. The molecule has 0 spiro atoms. The van der Waals surface area contributed by atoms with Gasteiger partial charge >= 0.3 is 0 Å². The number of halogens is 1. The summed E-state index contributed by atoms with van der Waals surface area (Å²) in [7, 11) is 1.52. The number of fused-ring (bicyclic) bond motifs is 1. The van der Waals surface area contributed by atoms with Gasteiger partial charge in [-0.25, -0.2) is 4.98 Å². The van der Waals surface area contributed by atoms with Crippen LogP contribution in [0, 0.1) is 0 Å². The van der Waals surface area contributed by atoms with Gasteiger partial charge in [0.1, 0.15) is 16.3 Å². The number of nitrogens with one attached hydrogen (secondary N) is 2. The highest BCUT2D eigenvalue weighted by Gasteiger charge is 2.10. The van der Waals surface area contributed by atoms with Gasteiger partial charge < -0.3 is 15.0 Å². The normalized spacial score (nSPS) is 10.7. The van der Waals surface area contributed by atoms with Gasteiger partial charge in [0.15, 0.2) is 0 Å². The molecule has 0 unspecified atom stereocenters. The average molecular weight is 350 g/mol. The minimum Gasteiger partial charge on any atom is -0.495 e. The van der Waals surface area contributed by atoms with Gasteiger partial charge in [0.25, 0.3) is 5.56 Å². The van der Waals surface area contributed by atoms with Crippen LogP contribution in [0.3, 0.4) is 0 Å². The van der Waals surface area contributed by atoms with Gasteiger partial charge in [-0.2, -0.15) is 0 Å². The molecular formula is C15H12ClN3O3S. The summed E-state index contributed by atoms with van der Waals surface area (Å²) in [5.41, 5.74) is 0.897. The first-order chi connectivity index (χ1) is 11.1. The van der Waals surface area contributed by atoms with E-state index in [0.717, 1.165) is 0 Å². The van der Waals surface area contributed by atoms with Crippen LogP contribution in [0.1, 0.15) is 5.82 Å². The van der Waals surface area contributed by atoms with E-state index in [9.17, 15) is 9.59 Å². The number of ether oxygens (including phenoxy) is 1. The second-order valence-electron chi connectivity index (χ2n) is 4.72. The molecule has 1 amide bonds. The number of benzene rings is 1. The predicted octanol–water partition coefficient (Wildman–Crippen LogP) is 2.83. The zero-order valence-electron chi connectivity index (χ0n) is 12.1. The number of carbonyl (C=O) groups is 1. The Morgan fingerprint density at radius 2 is 2.26 bits per heavy atom. The second-order valence-corrected chi connectivity index (χ2v) is 6.05. The molecule has 0 saturated heterocycles. The lowest BCUT2D eigenvalue weighted by Gasteiger charge is -2.08. The number of amides is 1. The van der Waals surface area contributed by atoms with Crippen LogP contribution in [-0.4, -0.2) is 23.0 Å². The molecule has 0 fully saturated rings. The van der Waals surface area contributed by atoms with Gasteiger partial charge in [-0.05, 0) is 29.6 Å². The Labute approximate surface area is 140 Å². The average Bonchev–Trinajstić information content (AvgIpc) is 2.96. The van der Waals surface area contributed by atoms with Crippen molar-refractivity contribution in [3.8, 4) is 5.75 Å². The summed E-state index contributed by atoms with van der Waals surface area (Å²) in [6.45, 7) is 0. The lowest BCUT2D eigenvalue weighted by Crippen LogP contribution is -2.19. The van der Waals surface area contributed by atoms with Crippen LogP contribution in [0.4, 0.5) is 5.69 Å². The highest BCUT2D eigenvalue weighted by atomic mass is 35.5. The first-order valence-corrected chi connectivity index (χ1v) is 7.92. The van der Waals surface area contributed by atoms with Crippen LogP contribution in [0.2, 0.25) is 5.02 Å². The summed E-state index contributed by atoms with van der Waals surface area (Å²) in [5.74, 6) is 0.542. The van der Waals surface area contributed by atoms with E-state index in [-0.39, 0.29) is 17.9 Å². The Morgan fingerprint density at radius 3 is 3.00 bits per heavy atom. The van der Waals surface area contributed by atoms with Crippen LogP contribution >= 0.6 is 22.9 Å². The van der Waals surface area contributed by atoms with E-state index in [4.69, 9.17) is 16.3 Å². The molecule has 118 valence electrons. The Balaban J connectivity index is 1.75. The third kappa shape index (κ3) is 3.35. The Kier molecular flexibility index (Phi) is 4.31. The van der Waals surface area contributed by atoms with Crippen molar-refractivity contribution in [2.45, 2.75) is 6.42 Å². The van der Waals surface area contributed by atoms with E-state index < -0.39 is 0 Å². The lowest BCUT2D eigenvalue weighted by atomic mass is 10.3. The van der Waals surface area contributed by atoms with Gasteiger partial charge in [0.2, 0.25) is 5.91 Å². The number of anilines is 1. The van der Waals surface area contributed by atoms with Crippen molar-refractivity contribution in [2.24, 2.45) is 0 Å². The number of rotatable bonds is 4. The Bertz CT molecular complexity index is 935. The van der Waals surface area contributed by atoms with Crippen LogP contribution in [-0.2, 0) is 11.2 Å². The third-order valence-corrected chi connectivity index (χ3v) is 4.33. The highest BCUT2D eigenvalue weighted by Crippen LogP contribution is 2.27. The molecule has 3 rings (SSSR count). The monoisotopic (exact) mass is 349 g/mol. The maximum Gasteiger partial charge on any atom is 0.268 e. The van der Waals surface area contributed by atoms with Crippen molar-refractivity contribution in [1.82, 2.24) is 9.97 Å². The van der Waals surface area contributed by atoms with Crippen molar-refractivity contribution in [3.63, 3.8) is 0 Å². The fourth-order valence-electron chi connectivity index (χ4n) is 2.11. The number of thiophene rings is 1. The quantitative estimate of drug-likeness (QED) is 0.758. The topological polar surface area (TPSA) is 84.1 Å². The molecule has 2 aromatic heterocycles. The minimum absolute atomic E-state index is 0.0370. The van der Waals surface area contributed by atoms with Crippen molar-refractivity contribution in [3.05, 3.63) is 50.8 Å². The van der Waals surface area contributed by atoms with E-state index in [1.54, 1.807) is 29.6 Å². The molecule has 0 saturated carbocycles. The number of aromatic nitrogens is 2. The molecular weight excluding hydrogens is 338 g/mol. The molecule has 2 heterocycles. The molecule has 23 heavy (non-hydrogen) atoms. The van der Waals surface area contributed by atoms with Crippen LogP contribution in [0.5, 0.6) is 5.75 Å². The number of carbonyl (C=O) groups excluding carboxylic acids is 1. The van der Waals surface area contributed by atoms with Gasteiger partial charge in [-0.15, -0.1) is 11.3 Å². The van der Waals surface area contributed by atoms with Gasteiger partial charge in [0, 0.05) is 5.69 Å². The summed E-state index contributed by atoms with van der Waals surface area (Å²) in [6.07, 6.45) is -0.0370. The molecule has 0 bridgehead atoms. The SMILES string of the molecule is COc1ccc(NC(=O)Cc2nc3ccsc3c(=O)[nH]2)cc1Cl. The van der Waals surface area contributed by atoms with Gasteiger partial charge in [-0.3, -0.25) is 9.59 Å². The molecule has 0 atom stereocenters. The largest absolute Gasteiger partial charge is 0.495 e. The van der Waals surface area contributed by atoms with Crippen LogP contribution < -0.4 is 15.6 Å². The first kappa shape index (κ1) is 15.5. The number of methoxy groups -OCH3 is 1. The predicted molar refractivity (Wildman–Crippen MR) is 90.6 cm³/mol. The summed E-state index contributed by atoms with van der Waals surface area (Å²) in [4.78, 5) is 30.8. The van der Waals surface area contributed by atoms with Crippen molar-refractivity contribution >= 4 is 44.7 Å². The van der Waals surface area contributed by atoms with Gasteiger partial charge in [-0.1, -0.05) is 11.6 Å². The van der Waals surface area contributed by atoms with Crippen molar-refractivity contribution < 1.29 is 9.53 Å². The van der Waals surface area contributed by atoms with Crippen molar-refractivity contribution in [1.29, 1.82) is 0 Å². The van der Waals surface area contributed by atoms with Crippen LogP contribution in [0.15, 0.2) is 34.4 Å². The smallest absolute Gasteiger partial charge is 0.268 e. The molecule has 3 aromatic rings. The van der Waals surface area contributed by atoms with E-state index in [1.165, 1.54) is 18.4 Å². The zero-order valence-corrected chi connectivity index (χ0v) is 13.6. The summed E-state index contributed by atoms with van der Waals surface area (Å²) >= 11 is 7.33. The number of hydrogen-bond donors (Lipinski definition) is 2. The van der Waals surface area contributed by atoms with Gasteiger partial charge in [0.05, 0.1) is 24.1 Å². The first-order valence-electron chi connectivity index (χ1n) is 6.66. The third-order valence-electron chi connectivity index (χ3n) is 3.13. The maximum absolute atomic E-state index is 12.1. The molecule has 0 aliphatic carbocycles. The second kappa shape index (κ2) is 6.39. The molecule has 0 radical (unpaired) electrons. The van der Waals surface area contributed by atoms with Crippen LogP contribution in [0.25, 0.3) is 10.2 Å². The lowest BCUT2D eigenvalue weighted by molar-refractivity contribution is -0.115. The standard InChI is InChI=1S/C15H12ClN3O3S/c1-22-11-3-2-8(6-9(11)16)17-13(20)7-12-18-10-4-5-23-14(10)15(21)19-12/h2-6H,7H2,1H3,(H,17,20)(H,18,19,21). The minimum atomic E-state index is -0.302. The fraction of sp³-hybridized carbons (Fsp3) is 0.133. The summed E-state index contributed by atoms with van der Waals surface area (Å²) < 4.78 is 5.61. The number of aromatic amines is 1. The summed E-state index contributed by atoms with van der Waals surface area (Å²) in [5, 5.41) is 4.89. The van der Waals surface area contributed by atoms with Crippen molar-refractivity contribution in [2.75, 3.05) is 12.4 Å². The fourth-order valence-corrected chi connectivity index (χ4v) is 3.09. The maximum atomic E-state index is 12.1. The molecule has 1 aromatic carbocycles.